The summed E-state index contributed by atoms with van der Waals surface area (Å²) in [5.41, 5.74) is 1.65. The number of rotatable bonds is 6. The topological polar surface area (TPSA) is 85.4 Å². The second-order valence-electron chi connectivity index (χ2n) is 8.25. The first-order valence-electron chi connectivity index (χ1n) is 11.4. The molecular formula is C26H26N2O6S. The molecule has 0 aliphatic carbocycles. The van der Waals surface area contributed by atoms with Gasteiger partial charge in [-0.15, -0.1) is 0 Å². The minimum Gasteiger partial charge on any atom is -0.489 e. The van der Waals surface area contributed by atoms with E-state index in [-0.39, 0.29) is 23.5 Å². The molecule has 1 unspecified atom stereocenters. The molecule has 182 valence electrons. The lowest BCUT2D eigenvalue weighted by Gasteiger charge is -2.37. The highest BCUT2D eigenvalue weighted by atomic mass is 32.2. The van der Waals surface area contributed by atoms with E-state index < -0.39 is 10.0 Å². The largest absolute Gasteiger partial charge is 0.489 e. The molecule has 5 rings (SSSR count). The fourth-order valence-electron chi connectivity index (χ4n) is 4.28. The summed E-state index contributed by atoms with van der Waals surface area (Å²) in [5, 5.41) is 0. The molecule has 0 N–H and O–H groups in total. The van der Waals surface area contributed by atoms with Gasteiger partial charge in [0.15, 0.2) is 6.61 Å². The van der Waals surface area contributed by atoms with Gasteiger partial charge >= 0.3 is 0 Å². The molecule has 0 spiro atoms. The van der Waals surface area contributed by atoms with Gasteiger partial charge in [0.2, 0.25) is 10.0 Å². The normalized spacial score (nSPS) is 18.4. The number of benzene rings is 3. The number of hydrogen-bond donors (Lipinski definition) is 0. The van der Waals surface area contributed by atoms with Crippen molar-refractivity contribution < 1.29 is 27.4 Å². The van der Waals surface area contributed by atoms with Crippen molar-refractivity contribution >= 4 is 21.6 Å². The molecule has 1 atom stereocenters. The van der Waals surface area contributed by atoms with E-state index in [1.807, 2.05) is 54.6 Å². The third kappa shape index (κ3) is 4.88. The first kappa shape index (κ1) is 23.3. The second kappa shape index (κ2) is 10.1. The van der Waals surface area contributed by atoms with Gasteiger partial charge in [0, 0.05) is 13.1 Å². The van der Waals surface area contributed by atoms with Crippen molar-refractivity contribution in [2.75, 3.05) is 44.4 Å². The molecule has 8 nitrogen and oxygen atoms in total. The second-order valence-corrected chi connectivity index (χ2v) is 10.2. The summed E-state index contributed by atoms with van der Waals surface area (Å²) in [4.78, 5) is 15.3. The van der Waals surface area contributed by atoms with E-state index in [1.165, 1.54) is 16.4 Å². The van der Waals surface area contributed by atoms with Crippen molar-refractivity contribution in [1.29, 1.82) is 0 Å². The maximum absolute atomic E-state index is 13.4. The zero-order valence-electron chi connectivity index (χ0n) is 19.1. The molecule has 3 aromatic carbocycles. The third-order valence-corrected chi connectivity index (χ3v) is 7.99. The Kier molecular flexibility index (Phi) is 6.72. The van der Waals surface area contributed by atoms with Crippen LogP contribution < -0.4 is 14.4 Å². The lowest BCUT2D eigenvalue weighted by atomic mass is 10.0. The molecule has 1 saturated heterocycles. The number of para-hydroxylation sites is 2. The van der Waals surface area contributed by atoms with Crippen LogP contribution in [-0.2, 0) is 19.6 Å². The zero-order chi connectivity index (χ0) is 24.3. The van der Waals surface area contributed by atoms with Gasteiger partial charge in [0.1, 0.15) is 18.1 Å². The number of carbonyl (C=O) groups is 1. The number of amides is 1. The molecule has 2 aliphatic rings. The van der Waals surface area contributed by atoms with Crippen LogP contribution in [-0.4, -0.2) is 58.1 Å². The monoisotopic (exact) mass is 494 g/mol. The van der Waals surface area contributed by atoms with E-state index >= 15 is 0 Å². The fraction of sp³-hybridized carbons (Fsp3) is 0.269. The van der Waals surface area contributed by atoms with Crippen LogP contribution >= 0.6 is 0 Å². The standard InChI is InChI=1S/C26H26N2O6S/c29-26(19-33-21-10-12-22(13-11-21)35(30,31)27-14-16-32-17-15-27)28-23-8-4-5-9-25(23)34-18-24(28)20-6-2-1-3-7-20/h1-13,24H,14-19H2. The van der Waals surface area contributed by atoms with Crippen molar-refractivity contribution in [2.24, 2.45) is 0 Å². The van der Waals surface area contributed by atoms with Gasteiger partial charge in [-0.2, -0.15) is 4.31 Å². The Bertz CT molecular complexity index is 1270. The summed E-state index contributed by atoms with van der Waals surface area (Å²) in [7, 11) is -3.59. The number of sulfonamides is 1. The number of anilines is 1. The van der Waals surface area contributed by atoms with Gasteiger partial charge < -0.3 is 14.2 Å². The number of nitrogens with zero attached hydrogens (tertiary/aromatic N) is 2. The quantitative estimate of drug-likeness (QED) is 0.523. The molecule has 1 fully saturated rings. The van der Waals surface area contributed by atoms with Crippen molar-refractivity contribution in [3.63, 3.8) is 0 Å². The van der Waals surface area contributed by atoms with Crippen molar-refractivity contribution in [1.82, 2.24) is 4.31 Å². The maximum atomic E-state index is 13.4. The number of carbonyl (C=O) groups excluding carboxylic acids is 1. The highest BCUT2D eigenvalue weighted by Gasteiger charge is 2.33. The predicted molar refractivity (Wildman–Crippen MR) is 130 cm³/mol. The lowest BCUT2D eigenvalue weighted by molar-refractivity contribution is -0.121. The van der Waals surface area contributed by atoms with Gasteiger partial charge in [-0.1, -0.05) is 42.5 Å². The average molecular weight is 495 g/mol. The van der Waals surface area contributed by atoms with Crippen LogP contribution in [0.1, 0.15) is 11.6 Å². The molecule has 2 aliphatic heterocycles. The summed E-state index contributed by atoms with van der Waals surface area (Å²) in [6, 6.07) is 23.0. The fourth-order valence-corrected chi connectivity index (χ4v) is 5.68. The lowest BCUT2D eigenvalue weighted by Crippen LogP contribution is -2.43. The Balaban J connectivity index is 1.31. The van der Waals surface area contributed by atoms with Crippen LogP contribution in [0.15, 0.2) is 83.8 Å². The molecule has 3 aromatic rings. The Morgan fingerprint density at radius 2 is 1.60 bits per heavy atom. The first-order chi connectivity index (χ1) is 17.0. The van der Waals surface area contributed by atoms with Gasteiger partial charge in [-0.05, 0) is 42.0 Å². The third-order valence-electron chi connectivity index (χ3n) is 6.08. The molecule has 35 heavy (non-hydrogen) atoms. The minimum atomic E-state index is -3.59. The van der Waals surface area contributed by atoms with E-state index in [0.29, 0.717) is 50.1 Å². The molecular weight excluding hydrogens is 468 g/mol. The van der Waals surface area contributed by atoms with Gasteiger partial charge in [-0.3, -0.25) is 9.69 Å². The molecule has 9 heteroatoms. The van der Waals surface area contributed by atoms with E-state index in [2.05, 4.69) is 0 Å². The van der Waals surface area contributed by atoms with Crippen LogP contribution in [0.4, 0.5) is 5.69 Å². The van der Waals surface area contributed by atoms with E-state index in [0.717, 1.165) is 5.56 Å². The number of hydrogen-bond acceptors (Lipinski definition) is 6. The van der Waals surface area contributed by atoms with Crippen LogP contribution in [0.2, 0.25) is 0 Å². The summed E-state index contributed by atoms with van der Waals surface area (Å²) < 4.78 is 44.0. The SMILES string of the molecule is O=C(COc1ccc(S(=O)(=O)N2CCOCC2)cc1)N1c2ccccc2OCC1c1ccccc1. The van der Waals surface area contributed by atoms with Crippen LogP contribution in [0.5, 0.6) is 11.5 Å². The first-order valence-corrected chi connectivity index (χ1v) is 12.9. The molecule has 0 radical (unpaired) electrons. The van der Waals surface area contributed by atoms with Gasteiger partial charge in [0.05, 0.1) is 29.8 Å². The molecule has 0 bridgehead atoms. The average Bonchev–Trinajstić information content (AvgIpc) is 2.92. The highest BCUT2D eigenvalue weighted by Crippen LogP contribution is 2.39. The Morgan fingerprint density at radius 3 is 2.34 bits per heavy atom. The number of morpholine rings is 1. The summed E-state index contributed by atoms with van der Waals surface area (Å²) in [6.07, 6.45) is 0. The highest BCUT2D eigenvalue weighted by molar-refractivity contribution is 7.89. The maximum Gasteiger partial charge on any atom is 0.265 e. The number of fused-ring (bicyclic) bond motifs is 1. The van der Waals surface area contributed by atoms with E-state index in [9.17, 15) is 13.2 Å². The summed E-state index contributed by atoms with van der Waals surface area (Å²) >= 11 is 0. The Morgan fingerprint density at radius 1 is 0.914 bits per heavy atom. The summed E-state index contributed by atoms with van der Waals surface area (Å²) in [6.45, 7) is 1.57. The Labute approximate surface area is 204 Å². The van der Waals surface area contributed by atoms with Crippen LogP contribution in [0.3, 0.4) is 0 Å². The van der Waals surface area contributed by atoms with E-state index in [4.69, 9.17) is 14.2 Å². The predicted octanol–water partition coefficient (Wildman–Crippen LogP) is 3.25. The Hall–Kier alpha value is -3.40. The summed E-state index contributed by atoms with van der Waals surface area (Å²) in [5.74, 6) is 0.836. The minimum absolute atomic E-state index is 0.185. The van der Waals surface area contributed by atoms with Crippen LogP contribution in [0.25, 0.3) is 0 Å². The van der Waals surface area contributed by atoms with Gasteiger partial charge in [-0.25, -0.2) is 8.42 Å². The molecule has 2 heterocycles. The number of ether oxygens (including phenoxy) is 3. The van der Waals surface area contributed by atoms with Crippen molar-refractivity contribution in [2.45, 2.75) is 10.9 Å². The van der Waals surface area contributed by atoms with Crippen molar-refractivity contribution in [3.05, 3.63) is 84.4 Å². The van der Waals surface area contributed by atoms with Crippen LogP contribution in [0, 0.1) is 0 Å². The smallest absolute Gasteiger partial charge is 0.265 e. The molecule has 1 amide bonds. The van der Waals surface area contributed by atoms with Gasteiger partial charge in [0.25, 0.3) is 5.91 Å². The van der Waals surface area contributed by atoms with E-state index in [1.54, 1.807) is 17.0 Å². The van der Waals surface area contributed by atoms with Crippen molar-refractivity contribution in [3.8, 4) is 11.5 Å². The zero-order valence-corrected chi connectivity index (χ0v) is 19.9. The molecule has 0 saturated carbocycles. The molecule has 0 aromatic heterocycles.